The van der Waals surface area contributed by atoms with Crippen LogP contribution in [-0.2, 0) is 0 Å². The SMILES string of the molecule is CCC(C)(C)N(C)c1ncnc(N)c1Br. The number of nitrogens with two attached hydrogens (primary N) is 1. The molecule has 0 aliphatic rings. The van der Waals surface area contributed by atoms with E-state index in [1.54, 1.807) is 0 Å². The average molecular weight is 273 g/mol. The molecule has 0 unspecified atom stereocenters. The Labute approximate surface area is 99.0 Å². The van der Waals surface area contributed by atoms with Crippen molar-refractivity contribution in [2.45, 2.75) is 32.7 Å². The van der Waals surface area contributed by atoms with E-state index in [-0.39, 0.29) is 5.54 Å². The first-order chi connectivity index (χ1) is 6.90. The van der Waals surface area contributed by atoms with Crippen LogP contribution in [0.15, 0.2) is 10.8 Å². The Kier molecular flexibility index (Phi) is 3.54. The summed E-state index contributed by atoms with van der Waals surface area (Å²) in [5.74, 6) is 1.30. The molecule has 0 spiro atoms. The zero-order valence-electron chi connectivity index (χ0n) is 9.58. The second kappa shape index (κ2) is 4.35. The zero-order chi connectivity index (χ0) is 11.6. The normalized spacial score (nSPS) is 11.5. The zero-order valence-corrected chi connectivity index (χ0v) is 11.2. The molecule has 0 bridgehead atoms. The summed E-state index contributed by atoms with van der Waals surface area (Å²) >= 11 is 3.41. The van der Waals surface area contributed by atoms with Gasteiger partial charge in [0.05, 0.1) is 0 Å². The molecule has 1 heterocycles. The fourth-order valence-electron chi connectivity index (χ4n) is 1.13. The van der Waals surface area contributed by atoms with E-state index in [0.717, 1.165) is 16.7 Å². The highest BCUT2D eigenvalue weighted by molar-refractivity contribution is 9.10. The van der Waals surface area contributed by atoms with Crippen LogP contribution in [0, 0.1) is 0 Å². The summed E-state index contributed by atoms with van der Waals surface area (Å²) in [7, 11) is 2.01. The van der Waals surface area contributed by atoms with Gasteiger partial charge in [-0.1, -0.05) is 6.92 Å². The Hall–Kier alpha value is -0.840. The Morgan fingerprint density at radius 1 is 1.47 bits per heavy atom. The minimum atomic E-state index is 0.0450. The first kappa shape index (κ1) is 12.2. The number of anilines is 2. The van der Waals surface area contributed by atoms with Gasteiger partial charge in [0.15, 0.2) is 0 Å². The second-order valence-corrected chi connectivity index (χ2v) is 4.91. The predicted octanol–water partition coefficient (Wildman–Crippen LogP) is 2.45. The minimum absolute atomic E-state index is 0.0450. The van der Waals surface area contributed by atoms with Crippen molar-refractivity contribution in [2.75, 3.05) is 17.7 Å². The van der Waals surface area contributed by atoms with Crippen LogP contribution in [0.3, 0.4) is 0 Å². The number of aromatic nitrogens is 2. The van der Waals surface area contributed by atoms with Crippen LogP contribution in [0.25, 0.3) is 0 Å². The van der Waals surface area contributed by atoms with Gasteiger partial charge in [0.1, 0.15) is 22.4 Å². The highest BCUT2D eigenvalue weighted by atomic mass is 79.9. The predicted molar refractivity (Wildman–Crippen MR) is 66.9 cm³/mol. The van der Waals surface area contributed by atoms with Gasteiger partial charge in [-0.15, -0.1) is 0 Å². The van der Waals surface area contributed by atoms with E-state index in [0.29, 0.717) is 5.82 Å². The fourth-order valence-corrected chi connectivity index (χ4v) is 1.60. The smallest absolute Gasteiger partial charge is 0.148 e. The molecule has 2 N–H and O–H groups in total. The van der Waals surface area contributed by atoms with Gasteiger partial charge < -0.3 is 10.6 Å². The molecule has 0 atom stereocenters. The van der Waals surface area contributed by atoms with E-state index in [9.17, 15) is 0 Å². The fraction of sp³-hybridized carbons (Fsp3) is 0.600. The molecule has 0 aromatic carbocycles. The Morgan fingerprint density at radius 2 is 2.07 bits per heavy atom. The molecule has 1 rings (SSSR count). The molecule has 0 saturated carbocycles. The monoisotopic (exact) mass is 272 g/mol. The van der Waals surface area contributed by atoms with Gasteiger partial charge in [0.25, 0.3) is 0 Å². The Balaban J connectivity index is 3.12. The van der Waals surface area contributed by atoms with Crippen molar-refractivity contribution in [3.8, 4) is 0 Å². The second-order valence-electron chi connectivity index (χ2n) is 4.12. The van der Waals surface area contributed by atoms with Crippen molar-refractivity contribution in [2.24, 2.45) is 0 Å². The molecule has 4 nitrogen and oxygen atoms in total. The maximum absolute atomic E-state index is 5.72. The summed E-state index contributed by atoms with van der Waals surface area (Å²) in [5, 5.41) is 0. The molecule has 0 radical (unpaired) electrons. The molecule has 0 fully saturated rings. The van der Waals surface area contributed by atoms with E-state index in [2.05, 4.69) is 51.6 Å². The lowest BCUT2D eigenvalue weighted by Crippen LogP contribution is -2.41. The molecule has 1 aromatic rings. The van der Waals surface area contributed by atoms with Crippen molar-refractivity contribution in [1.29, 1.82) is 0 Å². The summed E-state index contributed by atoms with van der Waals surface area (Å²) in [4.78, 5) is 10.3. The summed E-state index contributed by atoms with van der Waals surface area (Å²) < 4.78 is 0.758. The van der Waals surface area contributed by atoms with Crippen LogP contribution < -0.4 is 10.6 Å². The number of hydrogen-bond donors (Lipinski definition) is 1. The van der Waals surface area contributed by atoms with Gasteiger partial charge in [0.2, 0.25) is 0 Å². The van der Waals surface area contributed by atoms with Gasteiger partial charge in [-0.25, -0.2) is 9.97 Å². The van der Waals surface area contributed by atoms with Crippen molar-refractivity contribution in [3.63, 3.8) is 0 Å². The topological polar surface area (TPSA) is 55.0 Å². The molecule has 0 saturated heterocycles. The first-order valence-electron chi connectivity index (χ1n) is 4.90. The number of nitrogens with zero attached hydrogens (tertiary/aromatic N) is 3. The third-order valence-electron chi connectivity index (χ3n) is 2.89. The summed E-state index contributed by atoms with van der Waals surface area (Å²) in [5.41, 5.74) is 5.76. The molecule has 5 heteroatoms. The van der Waals surface area contributed by atoms with E-state index in [1.165, 1.54) is 6.33 Å². The maximum Gasteiger partial charge on any atom is 0.148 e. The number of halogens is 1. The van der Waals surface area contributed by atoms with E-state index in [1.807, 2.05) is 7.05 Å². The van der Waals surface area contributed by atoms with Crippen molar-refractivity contribution >= 4 is 27.6 Å². The molecule has 0 amide bonds. The van der Waals surface area contributed by atoms with Gasteiger partial charge >= 0.3 is 0 Å². The van der Waals surface area contributed by atoms with Crippen LogP contribution in [0.1, 0.15) is 27.2 Å². The van der Waals surface area contributed by atoms with E-state index >= 15 is 0 Å². The molecular weight excluding hydrogens is 256 g/mol. The minimum Gasteiger partial charge on any atom is -0.383 e. The molecule has 15 heavy (non-hydrogen) atoms. The van der Waals surface area contributed by atoms with E-state index < -0.39 is 0 Å². The van der Waals surface area contributed by atoms with Gasteiger partial charge in [-0.05, 0) is 36.2 Å². The molecule has 84 valence electrons. The third kappa shape index (κ3) is 2.40. The van der Waals surface area contributed by atoms with Crippen LogP contribution in [0.2, 0.25) is 0 Å². The number of nitrogen functional groups attached to an aromatic ring is 1. The highest BCUT2D eigenvalue weighted by Gasteiger charge is 2.24. The Bertz CT molecular complexity index is 351. The Morgan fingerprint density at radius 3 is 2.60 bits per heavy atom. The molecule has 0 aliphatic carbocycles. The van der Waals surface area contributed by atoms with Crippen molar-refractivity contribution in [3.05, 3.63) is 10.8 Å². The summed E-state index contributed by atoms with van der Waals surface area (Å²) in [6.07, 6.45) is 2.51. The molecule has 1 aromatic heterocycles. The van der Waals surface area contributed by atoms with Crippen LogP contribution in [0.5, 0.6) is 0 Å². The van der Waals surface area contributed by atoms with Gasteiger partial charge in [-0.2, -0.15) is 0 Å². The largest absolute Gasteiger partial charge is 0.383 e. The standard InChI is InChI=1S/C10H17BrN4/c1-5-10(2,3)15(4)9-7(11)8(12)13-6-14-9/h6H,5H2,1-4H3,(H2,12,13,14). The highest BCUT2D eigenvalue weighted by Crippen LogP contribution is 2.31. The van der Waals surface area contributed by atoms with Crippen LogP contribution in [0.4, 0.5) is 11.6 Å². The van der Waals surface area contributed by atoms with Crippen molar-refractivity contribution < 1.29 is 0 Å². The van der Waals surface area contributed by atoms with Gasteiger partial charge in [0, 0.05) is 12.6 Å². The van der Waals surface area contributed by atoms with Crippen LogP contribution in [-0.4, -0.2) is 22.6 Å². The molecule has 0 aliphatic heterocycles. The average Bonchev–Trinajstić information content (AvgIpc) is 2.21. The lowest BCUT2D eigenvalue weighted by Gasteiger charge is -2.36. The first-order valence-corrected chi connectivity index (χ1v) is 5.69. The molecular formula is C10H17BrN4. The number of rotatable bonds is 3. The van der Waals surface area contributed by atoms with Gasteiger partial charge in [-0.3, -0.25) is 0 Å². The number of hydrogen-bond acceptors (Lipinski definition) is 4. The van der Waals surface area contributed by atoms with Crippen LogP contribution >= 0.6 is 15.9 Å². The summed E-state index contributed by atoms with van der Waals surface area (Å²) in [6, 6.07) is 0. The maximum atomic E-state index is 5.72. The lowest BCUT2D eigenvalue weighted by atomic mass is 10.0. The third-order valence-corrected chi connectivity index (χ3v) is 3.65. The van der Waals surface area contributed by atoms with E-state index in [4.69, 9.17) is 5.73 Å². The lowest BCUT2D eigenvalue weighted by molar-refractivity contribution is 0.466. The quantitative estimate of drug-likeness (QED) is 0.919. The van der Waals surface area contributed by atoms with Crippen molar-refractivity contribution in [1.82, 2.24) is 9.97 Å². The summed E-state index contributed by atoms with van der Waals surface area (Å²) in [6.45, 7) is 6.48.